The van der Waals surface area contributed by atoms with Crippen molar-refractivity contribution in [1.29, 1.82) is 0 Å². The Hall–Kier alpha value is -1.47. The Morgan fingerprint density at radius 3 is 1.57 bits per heavy atom. The lowest BCUT2D eigenvalue weighted by Crippen LogP contribution is -2.29. The highest BCUT2D eigenvalue weighted by molar-refractivity contribution is 8.02. The van der Waals surface area contributed by atoms with Crippen LogP contribution in [0.3, 0.4) is 0 Å². The lowest BCUT2D eigenvalue weighted by Gasteiger charge is -2.22. The number of hydrogen-bond donors (Lipinski definition) is 0. The lowest BCUT2D eigenvalue weighted by atomic mass is 9.97. The van der Waals surface area contributed by atoms with Crippen molar-refractivity contribution >= 4 is 23.7 Å². The lowest BCUT2D eigenvalue weighted by molar-refractivity contribution is -0.257. The first-order valence-corrected chi connectivity index (χ1v) is 15.8. The van der Waals surface area contributed by atoms with E-state index in [1.165, 1.54) is 102 Å². The Bertz CT molecular complexity index is 647. The summed E-state index contributed by atoms with van der Waals surface area (Å²) in [5, 5.41) is 0.329. The molecule has 238 valence electrons. The second kappa shape index (κ2) is 29.0. The fourth-order valence-corrected chi connectivity index (χ4v) is 4.49. The summed E-state index contributed by atoms with van der Waals surface area (Å²) in [6, 6.07) is 0. The Kier molecular flexibility index (Phi) is 31.2. The number of carbonyl (C=O) groups excluding carboxylic acids is 2. The monoisotopic (exact) mass is 588 g/mol. The van der Waals surface area contributed by atoms with Gasteiger partial charge >= 0.3 is 11.9 Å². The smallest absolute Gasteiger partial charge is 0.333 e. The zero-order valence-corrected chi connectivity index (χ0v) is 25.7. The summed E-state index contributed by atoms with van der Waals surface area (Å²) in [4.78, 5) is 33.8. The highest BCUT2D eigenvalue weighted by Crippen LogP contribution is 2.28. The molecule has 0 radical (unpaired) electrons. The van der Waals surface area contributed by atoms with Crippen LogP contribution in [0.5, 0.6) is 0 Å². The molecule has 7 heteroatoms. The van der Waals surface area contributed by atoms with E-state index in [2.05, 4.69) is 20.1 Å². The molecule has 0 heterocycles. The predicted octanol–water partition coefficient (Wildman–Crippen LogP) is 10.4. The van der Waals surface area contributed by atoms with Crippen LogP contribution in [0.1, 0.15) is 145 Å². The highest BCUT2D eigenvalue weighted by Gasteiger charge is 2.30. The molecule has 40 heavy (non-hydrogen) atoms. The molecule has 0 rings (SSSR count). The Morgan fingerprint density at radius 1 is 0.675 bits per heavy atom. The molecule has 0 aliphatic carbocycles. The standard InChI is InChI=1S/C31H56O6S.2CH4/c1-7-8-9-10-11-12-13-14-15-16-17-18-19-20-21-22-23-35-30(33)31(5,6)26-38-28(4)37-36-25-24-34-29(32)27(2)3;;/h2,4,7-26H2,1,3,5-6H3;2*1H4. The van der Waals surface area contributed by atoms with Crippen molar-refractivity contribution < 1.29 is 28.8 Å². The Balaban J connectivity index is -0.00000684. The molecule has 0 N–H and O–H groups in total. The predicted molar refractivity (Wildman–Crippen MR) is 172 cm³/mol. The molecule has 0 bridgehead atoms. The second-order valence-electron chi connectivity index (χ2n) is 10.8. The van der Waals surface area contributed by atoms with Gasteiger partial charge in [-0.15, -0.1) is 0 Å². The number of unbranched alkanes of at least 4 members (excludes halogenated alkanes) is 15. The van der Waals surface area contributed by atoms with Gasteiger partial charge in [-0.05, 0) is 33.8 Å². The minimum absolute atomic E-state index is 0. The number of carbonyl (C=O) groups is 2. The van der Waals surface area contributed by atoms with E-state index in [1.54, 1.807) is 6.92 Å². The van der Waals surface area contributed by atoms with Crippen molar-refractivity contribution in [3.8, 4) is 0 Å². The van der Waals surface area contributed by atoms with Crippen molar-refractivity contribution in [2.45, 2.75) is 145 Å². The molecule has 6 nitrogen and oxygen atoms in total. The number of hydrogen-bond acceptors (Lipinski definition) is 7. The number of esters is 2. The number of thioether (sulfide) groups is 1. The maximum Gasteiger partial charge on any atom is 0.333 e. The molecule has 0 spiro atoms. The van der Waals surface area contributed by atoms with Crippen molar-refractivity contribution in [2.24, 2.45) is 5.41 Å². The Morgan fingerprint density at radius 2 is 1.12 bits per heavy atom. The second-order valence-corrected chi connectivity index (χ2v) is 11.8. The van der Waals surface area contributed by atoms with E-state index in [0.29, 0.717) is 23.0 Å². The maximum absolute atomic E-state index is 12.5. The van der Waals surface area contributed by atoms with Gasteiger partial charge in [-0.3, -0.25) is 4.79 Å². The molecule has 0 aromatic carbocycles. The van der Waals surface area contributed by atoms with Gasteiger partial charge in [0.05, 0.1) is 12.0 Å². The van der Waals surface area contributed by atoms with E-state index >= 15 is 0 Å². The highest BCUT2D eigenvalue weighted by atomic mass is 32.2. The molecule has 0 amide bonds. The maximum atomic E-state index is 12.5. The van der Waals surface area contributed by atoms with Gasteiger partial charge in [-0.25, -0.2) is 4.79 Å². The van der Waals surface area contributed by atoms with Crippen molar-refractivity contribution in [3.63, 3.8) is 0 Å². The third-order valence-electron chi connectivity index (χ3n) is 6.28. The van der Waals surface area contributed by atoms with Crippen LogP contribution in [0.15, 0.2) is 23.8 Å². The SMILES string of the molecule is C.C.C=C(OOCCOC(=O)C(=C)C)SCC(C)(C)C(=O)OCCCCCCCCCCCCCCCCCC. The first kappa shape index (κ1) is 43.0. The van der Waals surface area contributed by atoms with Gasteiger partial charge in [-0.2, -0.15) is 4.89 Å². The average Bonchev–Trinajstić information content (AvgIpc) is 2.88. The molecule has 0 aromatic rings. The minimum atomic E-state index is -0.664. The first-order valence-electron chi connectivity index (χ1n) is 14.8. The van der Waals surface area contributed by atoms with Gasteiger partial charge in [0.15, 0.2) is 5.09 Å². The molecule has 0 saturated heterocycles. The molecular weight excluding hydrogens is 524 g/mol. The zero-order chi connectivity index (χ0) is 28.5. The van der Waals surface area contributed by atoms with Gasteiger partial charge in [0.1, 0.15) is 13.2 Å². The van der Waals surface area contributed by atoms with Gasteiger partial charge in [-0.1, -0.05) is 136 Å². The van der Waals surface area contributed by atoms with Crippen molar-refractivity contribution in [3.05, 3.63) is 23.8 Å². The summed E-state index contributed by atoms with van der Waals surface area (Å²) in [6.07, 6.45) is 21.1. The summed E-state index contributed by atoms with van der Waals surface area (Å²) < 4.78 is 10.4. The van der Waals surface area contributed by atoms with Crippen LogP contribution in [0.4, 0.5) is 0 Å². The largest absolute Gasteiger partial charge is 0.465 e. The molecule has 0 unspecified atom stereocenters. The van der Waals surface area contributed by atoms with Crippen LogP contribution in [-0.2, 0) is 28.8 Å². The summed E-state index contributed by atoms with van der Waals surface area (Å²) in [6.45, 7) is 15.4. The normalized spacial score (nSPS) is 10.7. The fraction of sp³-hybridized carbons (Fsp3) is 0.818. The molecule has 0 saturated carbocycles. The summed E-state index contributed by atoms with van der Waals surface area (Å²) in [5.41, 5.74) is -0.335. The molecular formula is C33H64O6S. The van der Waals surface area contributed by atoms with Gasteiger partial charge in [0, 0.05) is 11.3 Å². The summed E-state index contributed by atoms with van der Waals surface area (Å²) >= 11 is 1.28. The molecule has 0 aliphatic heterocycles. The van der Waals surface area contributed by atoms with Gasteiger partial charge in [0.2, 0.25) is 0 Å². The summed E-state index contributed by atoms with van der Waals surface area (Å²) in [5.74, 6) is -0.231. The minimum Gasteiger partial charge on any atom is -0.465 e. The third-order valence-corrected chi connectivity index (χ3v) is 7.53. The van der Waals surface area contributed by atoms with E-state index < -0.39 is 11.4 Å². The van der Waals surface area contributed by atoms with Crippen molar-refractivity contribution in [2.75, 3.05) is 25.6 Å². The third kappa shape index (κ3) is 26.7. The number of rotatable bonds is 27. The molecule has 0 aromatic heterocycles. The van der Waals surface area contributed by atoms with E-state index in [0.717, 1.165) is 12.8 Å². The Labute approximate surface area is 252 Å². The molecule has 0 atom stereocenters. The van der Waals surface area contributed by atoms with Gasteiger partial charge < -0.3 is 14.4 Å². The van der Waals surface area contributed by atoms with Crippen LogP contribution in [0.2, 0.25) is 0 Å². The average molecular weight is 589 g/mol. The van der Waals surface area contributed by atoms with Crippen LogP contribution in [0.25, 0.3) is 0 Å². The first-order chi connectivity index (χ1) is 18.2. The van der Waals surface area contributed by atoms with E-state index in [9.17, 15) is 9.59 Å². The van der Waals surface area contributed by atoms with Crippen LogP contribution in [-0.4, -0.2) is 37.5 Å². The van der Waals surface area contributed by atoms with Crippen molar-refractivity contribution in [1.82, 2.24) is 0 Å². The summed E-state index contributed by atoms with van der Waals surface area (Å²) in [7, 11) is 0. The van der Waals surface area contributed by atoms with E-state index in [4.69, 9.17) is 19.2 Å². The van der Waals surface area contributed by atoms with Gasteiger partial charge in [0.25, 0.3) is 0 Å². The quantitative estimate of drug-likeness (QED) is 0.0236. The van der Waals surface area contributed by atoms with E-state index in [1.807, 2.05) is 13.8 Å². The van der Waals surface area contributed by atoms with Crippen LogP contribution in [0, 0.1) is 5.41 Å². The molecule has 0 fully saturated rings. The zero-order valence-electron chi connectivity index (χ0n) is 24.9. The number of ether oxygens (including phenoxy) is 2. The van der Waals surface area contributed by atoms with E-state index in [-0.39, 0.29) is 34.0 Å². The fourth-order valence-electron chi connectivity index (χ4n) is 3.75. The van der Waals surface area contributed by atoms with Crippen LogP contribution < -0.4 is 0 Å². The van der Waals surface area contributed by atoms with Crippen LogP contribution >= 0.6 is 11.8 Å². The molecule has 0 aliphatic rings. The topological polar surface area (TPSA) is 71.1 Å².